The number of hydrogen-bond acceptors (Lipinski definition) is 5. The lowest BCUT2D eigenvalue weighted by molar-refractivity contribution is 0.0955. The zero-order valence-electron chi connectivity index (χ0n) is 14.8. The molecule has 1 amide bonds. The van der Waals surface area contributed by atoms with Gasteiger partial charge in [-0.05, 0) is 50.2 Å². The Labute approximate surface area is 147 Å². The molecule has 132 valence electrons. The van der Waals surface area contributed by atoms with Gasteiger partial charge in [0.2, 0.25) is 0 Å². The molecule has 0 atom stereocenters. The summed E-state index contributed by atoms with van der Waals surface area (Å²) in [6.45, 7) is 3.86. The van der Waals surface area contributed by atoms with E-state index in [0.29, 0.717) is 28.4 Å². The maximum atomic E-state index is 12.1. The Morgan fingerprint density at radius 1 is 1.08 bits per heavy atom. The summed E-state index contributed by atoms with van der Waals surface area (Å²) in [5, 5.41) is 4.01. The third kappa shape index (κ3) is 4.97. The molecular weight excluding hydrogens is 320 g/mol. The molecule has 0 fully saturated rings. The maximum absolute atomic E-state index is 12.1. The second-order valence-electron chi connectivity index (χ2n) is 5.47. The van der Waals surface area contributed by atoms with Crippen molar-refractivity contribution in [3.63, 3.8) is 0 Å². The highest BCUT2D eigenvalue weighted by atomic mass is 16.5. The largest absolute Gasteiger partial charge is 0.497 e. The second kappa shape index (κ2) is 8.73. The first kappa shape index (κ1) is 18.3. The van der Waals surface area contributed by atoms with Gasteiger partial charge >= 0.3 is 0 Å². The SMILES string of the molecule is COc1ccc(C(=O)N/N=C\c2cccc(OC)c2OC(C)C)cc1. The molecule has 0 aliphatic rings. The van der Waals surface area contributed by atoms with Gasteiger partial charge in [-0.25, -0.2) is 5.43 Å². The van der Waals surface area contributed by atoms with Crippen LogP contribution in [0.3, 0.4) is 0 Å². The topological polar surface area (TPSA) is 69.2 Å². The Morgan fingerprint density at radius 2 is 1.80 bits per heavy atom. The number of carbonyl (C=O) groups excluding carboxylic acids is 1. The number of methoxy groups -OCH3 is 2. The normalized spacial score (nSPS) is 10.8. The van der Waals surface area contributed by atoms with Crippen LogP contribution >= 0.6 is 0 Å². The van der Waals surface area contributed by atoms with Crippen molar-refractivity contribution < 1.29 is 19.0 Å². The molecule has 0 saturated carbocycles. The van der Waals surface area contributed by atoms with Gasteiger partial charge < -0.3 is 14.2 Å². The fourth-order valence-corrected chi connectivity index (χ4v) is 2.12. The molecule has 0 radical (unpaired) electrons. The summed E-state index contributed by atoms with van der Waals surface area (Å²) in [6, 6.07) is 12.3. The minimum absolute atomic E-state index is 0.0164. The second-order valence-corrected chi connectivity index (χ2v) is 5.47. The molecule has 0 aromatic heterocycles. The Hall–Kier alpha value is -3.02. The van der Waals surface area contributed by atoms with Crippen molar-refractivity contribution in [2.45, 2.75) is 20.0 Å². The number of hydrogen-bond donors (Lipinski definition) is 1. The standard InChI is InChI=1S/C19H22N2O4/c1-13(2)25-18-15(6-5-7-17(18)24-4)12-20-21-19(22)14-8-10-16(23-3)11-9-14/h5-13H,1-4H3,(H,21,22)/b20-12-. The van der Waals surface area contributed by atoms with Crippen LogP contribution in [0, 0.1) is 0 Å². The van der Waals surface area contributed by atoms with Gasteiger partial charge in [-0.15, -0.1) is 0 Å². The van der Waals surface area contributed by atoms with Gasteiger partial charge in [-0.1, -0.05) is 6.07 Å². The minimum atomic E-state index is -0.312. The van der Waals surface area contributed by atoms with E-state index >= 15 is 0 Å². The molecule has 2 rings (SSSR count). The third-order valence-corrected chi connectivity index (χ3v) is 3.30. The van der Waals surface area contributed by atoms with Crippen LogP contribution in [-0.2, 0) is 0 Å². The zero-order valence-corrected chi connectivity index (χ0v) is 14.8. The quantitative estimate of drug-likeness (QED) is 0.619. The molecule has 2 aromatic carbocycles. The molecule has 0 saturated heterocycles. The smallest absolute Gasteiger partial charge is 0.271 e. The molecule has 6 heteroatoms. The van der Waals surface area contributed by atoms with Gasteiger partial charge in [-0.2, -0.15) is 5.10 Å². The number of carbonyl (C=O) groups is 1. The summed E-state index contributed by atoms with van der Waals surface area (Å²) in [6.07, 6.45) is 1.51. The van der Waals surface area contributed by atoms with E-state index in [2.05, 4.69) is 10.5 Å². The summed E-state index contributed by atoms with van der Waals surface area (Å²) in [4.78, 5) is 12.1. The van der Waals surface area contributed by atoms with Crippen molar-refractivity contribution in [2.24, 2.45) is 5.10 Å². The Balaban J connectivity index is 2.11. The highest BCUT2D eigenvalue weighted by Gasteiger charge is 2.11. The van der Waals surface area contributed by atoms with Gasteiger partial charge in [0.25, 0.3) is 5.91 Å². The third-order valence-electron chi connectivity index (χ3n) is 3.30. The molecule has 6 nitrogen and oxygen atoms in total. The molecule has 0 aliphatic heterocycles. The first-order valence-electron chi connectivity index (χ1n) is 7.86. The zero-order chi connectivity index (χ0) is 18.2. The van der Waals surface area contributed by atoms with Crippen molar-refractivity contribution in [3.05, 3.63) is 53.6 Å². The number of hydrazone groups is 1. The summed E-state index contributed by atoms with van der Waals surface area (Å²) < 4.78 is 16.2. The highest BCUT2D eigenvalue weighted by Crippen LogP contribution is 2.30. The molecule has 2 aromatic rings. The summed E-state index contributed by atoms with van der Waals surface area (Å²) >= 11 is 0. The van der Waals surface area contributed by atoms with Crippen molar-refractivity contribution in [3.8, 4) is 17.2 Å². The number of nitrogens with zero attached hydrogens (tertiary/aromatic N) is 1. The summed E-state index contributed by atoms with van der Waals surface area (Å²) in [5.41, 5.74) is 3.70. The van der Waals surface area contributed by atoms with Crippen molar-refractivity contribution in [1.82, 2.24) is 5.43 Å². The van der Waals surface area contributed by atoms with Gasteiger partial charge in [0, 0.05) is 11.1 Å². The number of amides is 1. The first-order valence-corrected chi connectivity index (χ1v) is 7.86. The number of ether oxygens (including phenoxy) is 3. The van der Waals surface area contributed by atoms with Crippen molar-refractivity contribution in [1.29, 1.82) is 0 Å². The number of rotatable bonds is 7. The van der Waals surface area contributed by atoms with Crippen LogP contribution in [0.1, 0.15) is 29.8 Å². The predicted octanol–water partition coefficient (Wildman–Crippen LogP) is 3.25. The number of benzene rings is 2. The van der Waals surface area contributed by atoms with E-state index in [1.807, 2.05) is 32.0 Å². The fraction of sp³-hybridized carbons (Fsp3) is 0.263. The highest BCUT2D eigenvalue weighted by molar-refractivity contribution is 5.95. The molecule has 0 aliphatic carbocycles. The molecular formula is C19H22N2O4. The molecule has 25 heavy (non-hydrogen) atoms. The van der Waals surface area contributed by atoms with E-state index in [9.17, 15) is 4.79 Å². The Bertz CT molecular complexity index is 740. The number of para-hydroxylation sites is 1. The van der Waals surface area contributed by atoms with Crippen LogP contribution in [0.25, 0.3) is 0 Å². The van der Waals surface area contributed by atoms with E-state index in [1.54, 1.807) is 38.5 Å². The average molecular weight is 342 g/mol. The van der Waals surface area contributed by atoms with Crippen LogP contribution in [0.15, 0.2) is 47.6 Å². The Kier molecular flexibility index (Phi) is 6.39. The maximum Gasteiger partial charge on any atom is 0.271 e. The molecule has 0 unspecified atom stereocenters. The average Bonchev–Trinajstić information content (AvgIpc) is 2.62. The van der Waals surface area contributed by atoms with Gasteiger partial charge in [0.15, 0.2) is 11.5 Å². The van der Waals surface area contributed by atoms with E-state index in [1.165, 1.54) is 6.21 Å². The molecule has 0 spiro atoms. The minimum Gasteiger partial charge on any atom is -0.497 e. The van der Waals surface area contributed by atoms with Crippen molar-refractivity contribution in [2.75, 3.05) is 14.2 Å². The lowest BCUT2D eigenvalue weighted by Gasteiger charge is -2.15. The molecule has 1 N–H and O–H groups in total. The van der Waals surface area contributed by atoms with E-state index < -0.39 is 0 Å². The van der Waals surface area contributed by atoms with Crippen LogP contribution in [-0.4, -0.2) is 32.4 Å². The van der Waals surface area contributed by atoms with Crippen LogP contribution < -0.4 is 19.6 Å². The summed E-state index contributed by atoms with van der Waals surface area (Å²) in [5.74, 6) is 1.57. The van der Waals surface area contributed by atoms with E-state index in [-0.39, 0.29) is 12.0 Å². The fourth-order valence-electron chi connectivity index (χ4n) is 2.12. The van der Waals surface area contributed by atoms with Crippen LogP contribution in [0.4, 0.5) is 0 Å². The summed E-state index contributed by atoms with van der Waals surface area (Å²) in [7, 11) is 3.15. The lowest BCUT2D eigenvalue weighted by Crippen LogP contribution is -2.17. The van der Waals surface area contributed by atoms with Gasteiger partial charge in [0.05, 0.1) is 26.5 Å². The van der Waals surface area contributed by atoms with Crippen molar-refractivity contribution >= 4 is 12.1 Å². The first-order chi connectivity index (χ1) is 12.0. The van der Waals surface area contributed by atoms with Gasteiger partial charge in [0.1, 0.15) is 5.75 Å². The van der Waals surface area contributed by atoms with Crippen LogP contribution in [0.5, 0.6) is 17.2 Å². The number of nitrogens with one attached hydrogen (secondary N) is 1. The van der Waals surface area contributed by atoms with E-state index in [4.69, 9.17) is 14.2 Å². The van der Waals surface area contributed by atoms with E-state index in [0.717, 1.165) is 0 Å². The monoisotopic (exact) mass is 342 g/mol. The van der Waals surface area contributed by atoms with Crippen LogP contribution in [0.2, 0.25) is 0 Å². The predicted molar refractivity (Wildman–Crippen MR) is 96.8 cm³/mol. The lowest BCUT2D eigenvalue weighted by atomic mass is 10.2. The Morgan fingerprint density at radius 3 is 2.40 bits per heavy atom. The molecule has 0 heterocycles. The van der Waals surface area contributed by atoms with Gasteiger partial charge in [-0.3, -0.25) is 4.79 Å². The molecule has 0 bridgehead atoms.